The minimum absolute atomic E-state index is 0.102. The van der Waals surface area contributed by atoms with Gasteiger partial charge in [-0.15, -0.1) is 0 Å². The van der Waals surface area contributed by atoms with Gasteiger partial charge in [0.15, 0.2) is 16.5 Å². The molecule has 3 N–H and O–H groups in total. The number of ketones is 1. The first kappa shape index (κ1) is 27.0. The molecule has 1 amide bonds. The lowest BCUT2D eigenvalue weighted by Crippen LogP contribution is -2.47. The minimum atomic E-state index is -1.25. The van der Waals surface area contributed by atoms with Gasteiger partial charge in [0.2, 0.25) is 5.91 Å². The van der Waals surface area contributed by atoms with Gasteiger partial charge in [-0.25, -0.2) is 4.98 Å². The van der Waals surface area contributed by atoms with Crippen molar-refractivity contribution in [3.8, 4) is 0 Å². The number of ether oxygens (including phenoxy) is 2. The van der Waals surface area contributed by atoms with Crippen LogP contribution in [0.5, 0.6) is 0 Å². The maximum absolute atomic E-state index is 13.2. The van der Waals surface area contributed by atoms with Gasteiger partial charge in [0.1, 0.15) is 17.4 Å². The Balaban J connectivity index is 1.61. The highest BCUT2D eigenvalue weighted by molar-refractivity contribution is 6.25. The van der Waals surface area contributed by atoms with E-state index >= 15 is 0 Å². The summed E-state index contributed by atoms with van der Waals surface area (Å²) in [7, 11) is 0. The zero-order valence-electron chi connectivity index (χ0n) is 21.3. The predicted molar refractivity (Wildman–Crippen MR) is 132 cm³/mol. The summed E-state index contributed by atoms with van der Waals surface area (Å²) in [5.41, 5.74) is 0.847. The number of hydrogen-bond donors (Lipinski definition) is 3. The van der Waals surface area contributed by atoms with E-state index in [1.54, 1.807) is 40.7 Å². The van der Waals surface area contributed by atoms with E-state index < -0.39 is 40.6 Å². The summed E-state index contributed by atoms with van der Waals surface area (Å²) in [6.45, 7) is 8.66. The second-order valence-corrected chi connectivity index (χ2v) is 11.4. The summed E-state index contributed by atoms with van der Waals surface area (Å²) >= 11 is 6.61. The van der Waals surface area contributed by atoms with Crippen LogP contribution in [-0.2, 0) is 19.1 Å². The summed E-state index contributed by atoms with van der Waals surface area (Å²) < 4.78 is 17.1. The number of alkyl halides is 1. The molecule has 0 saturated carbocycles. The fourth-order valence-corrected chi connectivity index (χ4v) is 5.16. The van der Waals surface area contributed by atoms with E-state index in [4.69, 9.17) is 25.5 Å². The molecule has 9 nitrogen and oxygen atoms in total. The number of oxazole rings is 1. The van der Waals surface area contributed by atoms with Gasteiger partial charge in [0, 0.05) is 25.2 Å². The summed E-state index contributed by atoms with van der Waals surface area (Å²) in [4.78, 5) is 30.7. The number of nitrogens with one attached hydrogen (secondary N) is 1. The van der Waals surface area contributed by atoms with Crippen molar-refractivity contribution in [2.24, 2.45) is 17.3 Å². The quantitative estimate of drug-likeness (QED) is 0.384. The SMILES string of the molecule is Cc1nc2cc([C@@H]3C[C@@H]4O[C@]4(Cl)COC[C@H](C)[C@H](O)[C@@H](C)C(=O)C(C)(C)[C@@H](O)CC(=O)N3)ccc2o1. The Morgan fingerprint density at radius 1 is 1.19 bits per heavy atom. The maximum atomic E-state index is 13.2. The van der Waals surface area contributed by atoms with Gasteiger partial charge in [-0.05, 0) is 17.7 Å². The molecule has 0 spiro atoms. The number of fused-ring (bicyclic) bond motifs is 2. The lowest BCUT2D eigenvalue weighted by Gasteiger charge is -2.34. The summed E-state index contributed by atoms with van der Waals surface area (Å²) in [6, 6.07) is 5.01. The average Bonchev–Trinajstić information content (AvgIpc) is 3.28. The third-order valence-corrected chi connectivity index (χ3v) is 7.94. The van der Waals surface area contributed by atoms with Crippen molar-refractivity contribution in [3.05, 3.63) is 29.7 Å². The number of aliphatic hydroxyl groups is 2. The molecule has 0 aliphatic carbocycles. The van der Waals surface area contributed by atoms with E-state index in [2.05, 4.69) is 10.3 Å². The molecule has 10 heteroatoms. The molecular formula is C26H35ClN2O7. The third kappa shape index (κ3) is 5.45. The predicted octanol–water partition coefficient (Wildman–Crippen LogP) is 3.03. The molecule has 0 radical (unpaired) electrons. The monoisotopic (exact) mass is 522 g/mol. The molecule has 2 aliphatic heterocycles. The molecule has 2 fully saturated rings. The highest BCUT2D eigenvalue weighted by Gasteiger charge is 2.56. The highest BCUT2D eigenvalue weighted by atomic mass is 35.5. The zero-order valence-corrected chi connectivity index (χ0v) is 22.0. The lowest BCUT2D eigenvalue weighted by molar-refractivity contribution is -0.143. The number of carbonyl (C=O) groups is 2. The van der Waals surface area contributed by atoms with Crippen LogP contribution in [0.15, 0.2) is 22.6 Å². The van der Waals surface area contributed by atoms with Gasteiger partial charge >= 0.3 is 0 Å². The maximum Gasteiger partial charge on any atom is 0.223 e. The molecular weight excluding hydrogens is 488 g/mol. The topological polar surface area (TPSA) is 134 Å². The van der Waals surface area contributed by atoms with Gasteiger partial charge in [-0.3, -0.25) is 9.59 Å². The van der Waals surface area contributed by atoms with Crippen LogP contribution >= 0.6 is 11.6 Å². The average molecular weight is 523 g/mol. The molecule has 2 aromatic rings. The van der Waals surface area contributed by atoms with Crippen LogP contribution in [0.1, 0.15) is 58.0 Å². The minimum Gasteiger partial charge on any atom is -0.441 e. The molecule has 0 unspecified atom stereocenters. The summed E-state index contributed by atoms with van der Waals surface area (Å²) in [6.07, 6.45) is -2.51. The zero-order chi connectivity index (χ0) is 26.4. The second kappa shape index (κ2) is 10.0. The Kier molecular flexibility index (Phi) is 7.52. The van der Waals surface area contributed by atoms with Crippen LogP contribution in [0.25, 0.3) is 11.1 Å². The summed E-state index contributed by atoms with van der Waals surface area (Å²) in [5.74, 6) is -1.32. The van der Waals surface area contributed by atoms with Crippen molar-refractivity contribution >= 4 is 34.4 Å². The first-order valence-corrected chi connectivity index (χ1v) is 12.7. The van der Waals surface area contributed by atoms with Crippen LogP contribution in [0.3, 0.4) is 0 Å². The molecule has 36 heavy (non-hydrogen) atoms. The van der Waals surface area contributed by atoms with Crippen molar-refractivity contribution in [2.75, 3.05) is 13.2 Å². The molecule has 4 rings (SSSR count). The molecule has 3 heterocycles. The van der Waals surface area contributed by atoms with Crippen LogP contribution in [-0.4, -0.2) is 63.5 Å². The van der Waals surface area contributed by atoms with E-state index in [1.807, 2.05) is 12.1 Å². The number of Topliss-reactive ketones (excluding diaryl/α,β-unsaturated/α-hetero) is 1. The van der Waals surface area contributed by atoms with E-state index in [9.17, 15) is 19.8 Å². The van der Waals surface area contributed by atoms with Crippen molar-refractivity contribution in [1.29, 1.82) is 0 Å². The number of aromatic nitrogens is 1. The van der Waals surface area contributed by atoms with Crippen LogP contribution in [0, 0.1) is 24.2 Å². The van der Waals surface area contributed by atoms with Crippen LogP contribution in [0.2, 0.25) is 0 Å². The summed E-state index contributed by atoms with van der Waals surface area (Å²) in [5, 5.41) is 23.6. The van der Waals surface area contributed by atoms with Gasteiger partial charge in [0.05, 0.1) is 43.3 Å². The molecule has 198 valence electrons. The first-order valence-electron chi connectivity index (χ1n) is 12.3. The molecule has 0 bridgehead atoms. The van der Waals surface area contributed by atoms with Crippen LogP contribution in [0.4, 0.5) is 0 Å². The standard InChI is InChI=1S/C26H35ClN2O7/c1-13-11-34-12-26(27)21(36-26)9-17(16-6-7-19-18(8-16)28-15(3)35-19)29-22(31)10-20(30)25(4,5)24(33)14(2)23(13)32/h6-8,13-14,17,20-21,23,30,32H,9-12H2,1-5H3,(H,29,31)/t13-,14+,17-,20-,21-,23-,26+/m0/s1. The van der Waals surface area contributed by atoms with Crippen molar-refractivity contribution in [1.82, 2.24) is 10.3 Å². The second-order valence-electron chi connectivity index (χ2n) is 10.8. The molecule has 1 aromatic carbocycles. The fourth-order valence-electron chi connectivity index (χ4n) is 4.89. The Labute approximate surface area is 215 Å². The number of carbonyl (C=O) groups excluding carboxylic acids is 2. The van der Waals surface area contributed by atoms with Crippen LogP contribution < -0.4 is 5.32 Å². The molecule has 7 atom stereocenters. The van der Waals surface area contributed by atoms with Crippen molar-refractivity contribution in [3.63, 3.8) is 0 Å². The Bertz CT molecular complexity index is 1130. The number of amides is 1. The van der Waals surface area contributed by atoms with E-state index in [0.29, 0.717) is 23.4 Å². The molecule has 2 aliphatic rings. The van der Waals surface area contributed by atoms with E-state index in [0.717, 1.165) is 5.56 Å². The molecule has 2 saturated heterocycles. The number of epoxide rings is 1. The van der Waals surface area contributed by atoms with Gasteiger partial charge in [-0.1, -0.05) is 45.4 Å². The van der Waals surface area contributed by atoms with Crippen molar-refractivity contribution < 1.29 is 33.7 Å². The third-order valence-electron chi connectivity index (χ3n) is 7.50. The highest BCUT2D eigenvalue weighted by Crippen LogP contribution is 2.46. The lowest BCUT2D eigenvalue weighted by atomic mass is 9.73. The largest absolute Gasteiger partial charge is 0.441 e. The van der Waals surface area contributed by atoms with Gasteiger partial charge in [-0.2, -0.15) is 0 Å². The number of aryl methyl sites for hydroxylation is 1. The first-order chi connectivity index (χ1) is 16.8. The Morgan fingerprint density at radius 3 is 2.64 bits per heavy atom. The smallest absolute Gasteiger partial charge is 0.223 e. The normalized spacial score (nSPS) is 36.3. The number of rotatable bonds is 1. The number of aliphatic hydroxyl groups excluding tert-OH is 2. The Hall–Kier alpha value is -2.04. The van der Waals surface area contributed by atoms with E-state index in [1.165, 1.54) is 0 Å². The van der Waals surface area contributed by atoms with Crippen molar-refractivity contribution in [2.45, 2.75) is 76.9 Å². The molecule has 1 aromatic heterocycles. The number of nitrogens with zero attached hydrogens (tertiary/aromatic N) is 1. The number of hydrogen-bond acceptors (Lipinski definition) is 8. The fraction of sp³-hybridized carbons (Fsp3) is 0.654. The number of benzene rings is 1. The van der Waals surface area contributed by atoms with Gasteiger partial charge < -0.3 is 29.4 Å². The number of halogens is 1. The van der Waals surface area contributed by atoms with Gasteiger partial charge in [0.25, 0.3) is 0 Å². The van der Waals surface area contributed by atoms with E-state index in [-0.39, 0.29) is 37.4 Å². The Morgan fingerprint density at radius 2 is 1.92 bits per heavy atom.